The molecule has 1 aromatic carbocycles. The Balaban J connectivity index is 1.87. The van der Waals surface area contributed by atoms with Gasteiger partial charge >= 0.3 is 0 Å². The van der Waals surface area contributed by atoms with Gasteiger partial charge in [0.05, 0.1) is 0 Å². The Bertz CT molecular complexity index is 480. The summed E-state index contributed by atoms with van der Waals surface area (Å²) in [5.74, 6) is 0.687. The fourth-order valence-corrected chi connectivity index (χ4v) is 4.27. The molecule has 1 saturated heterocycles. The third kappa shape index (κ3) is 3.23. The van der Waals surface area contributed by atoms with Crippen molar-refractivity contribution in [3.8, 4) is 0 Å². The van der Waals surface area contributed by atoms with Gasteiger partial charge in [-0.1, -0.05) is 12.8 Å². The standard InChI is InChI=1S/C18H27FN2/c1-13(20)11-15-12-16(19)8-9-18(15)21-10-4-7-17(21)14-5-2-3-6-14/h8-9,12-14,17H,2-7,10-11,20H2,1H3. The molecule has 116 valence electrons. The second kappa shape index (κ2) is 6.35. The van der Waals surface area contributed by atoms with E-state index in [1.807, 2.05) is 13.0 Å². The van der Waals surface area contributed by atoms with E-state index < -0.39 is 0 Å². The lowest BCUT2D eigenvalue weighted by molar-refractivity contribution is 0.430. The van der Waals surface area contributed by atoms with E-state index in [1.54, 1.807) is 12.1 Å². The van der Waals surface area contributed by atoms with E-state index >= 15 is 0 Å². The zero-order chi connectivity index (χ0) is 14.8. The zero-order valence-electron chi connectivity index (χ0n) is 13.0. The molecule has 2 N–H and O–H groups in total. The van der Waals surface area contributed by atoms with Gasteiger partial charge in [-0.2, -0.15) is 0 Å². The van der Waals surface area contributed by atoms with Gasteiger partial charge in [-0.05, 0) is 68.7 Å². The summed E-state index contributed by atoms with van der Waals surface area (Å²) in [5, 5.41) is 0. The Kier molecular flexibility index (Phi) is 4.48. The molecule has 0 aromatic heterocycles. The van der Waals surface area contributed by atoms with Crippen LogP contribution >= 0.6 is 0 Å². The molecule has 0 amide bonds. The van der Waals surface area contributed by atoms with Crippen LogP contribution in [0.25, 0.3) is 0 Å². The van der Waals surface area contributed by atoms with Crippen molar-refractivity contribution in [3.05, 3.63) is 29.6 Å². The smallest absolute Gasteiger partial charge is 0.123 e. The molecule has 2 aliphatic rings. The summed E-state index contributed by atoms with van der Waals surface area (Å²) in [6, 6.07) is 5.98. The Hall–Kier alpha value is -1.09. The van der Waals surface area contributed by atoms with E-state index in [1.165, 1.54) is 44.2 Å². The normalized spacial score (nSPS) is 24.7. The van der Waals surface area contributed by atoms with Crippen LogP contribution in [0.2, 0.25) is 0 Å². The lowest BCUT2D eigenvalue weighted by Gasteiger charge is -2.33. The molecule has 21 heavy (non-hydrogen) atoms. The number of halogens is 1. The molecule has 3 rings (SSSR count). The van der Waals surface area contributed by atoms with Crippen molar-refractivity contribution in [1.82, 2.24) is 0 Å². The molecule has 2 atom stereocenters. The highest BCUT2D eigenvalue weighted by Crippen LogP contribution is 2.39. The monoisotopic (exact) mass is 290 g/mol. The molecule has 1 aromatic rings. The predicted molar refractivity (Wildman–Crippen MR) is 86.1 cm³/mol. The largest absolute Gasteiger partial charge is 0.368 e. The molecule has 1 saturated carbocycles. The molecule has 1 aliphatic heterocycles. The number of hydrogen-bond acceptors (Lipinski definition) is 2. The van der Waals surface area contributed by atoms with Crippen molar-refractivity contribution in [2.24, 2.45) is 11.7 Å². The first kappa shape index (κ1) is 14.8. The maximum absolute atomic E-state index is 13.6. The summed E-state index contributed by atoms with van der Waals surface area (Å²) in [6.45, 7) is 3.10. The zero-order valence-corrected chi connectivity index (χ0v) is 13.0. The van der Waals surface area contributed by atoms with Crippen LogP contribution in [0.5, 0.6) is 0 Å². The molecule has 0 bridgehead atoms. The number of hydrogen-bond donors (Lipinski definition) is 1. The Morgan fingerprint density at radius 2 is 2.00 bits per heavy atom. The number of nitrogens with zero attached hydrogens (tertiary/aromatic N) is 1. The van der Waals surface area contributed by atoms with Crippen LogP contribution in [0.15, 0.2) is 18.2 Å². The van der Waals surface area contributed by atoms with Crippen LogP contribution < -0.4 is 10.6 Å². The van der Waals surface area contributed by atoms with Gasteiger partial charge in [-0.25, -0.2) is 4.39 Å². The Morgan fingerprint density at radius 3 is 2.71 bits per heavy atom. The van der Waals surface area contributed by atoms with E-state index in [9.17, 15) is 4.39 Å². The Morgan fingerprint density at radius 1 is 1.24 bits per heavy atom. The molecule has 1 heterocycles. The summed E-state index contributed by atoms with van der Waals surface area (Å²) in [6.07, 6.45) is 8.79. The fourth-order valence-electron chi connectivity index (χ4n) is 4.27. The van der Waals surface area contributed by atoms with Crippen LogP contribution in [0.4, 0.5) is 10.1 Å². The summed E-state index contributed by atoms with van der Waals surface area (Å²) in [7, 11) is 0. The van der Waals surface area contributed by atoms with Crippen molar-refractivity contribution < 1.29 is 4.39 Å². The third-order valence-electron chi connectivity index (χ3n) is 5.14. The number of nitrogens with two attached hydrogens (primary N) is 1. The van der Waals surface area contributed by atoms with Crippen molar-refractivity contribution in [1.29, 1.82) is 0 Å². The van der Waals surface area contributed by atoms with Gasteiger partial charge in [0.2, 0.25) is 0 Å². The molecule has 2 nitrogen and oxygen atoms in total. The van der Waals surface area contributed by atoms with Gasteiger partial charge in [0.25, 0.3) is 0 Å². The highest BCUT2D eigenvalue weighted by molar-refractivity contribution is 5.56. The van der Waals surface area contributed by atoms with Crippen molar-refractivity contribution in [2.45, 2.75) is 64.0 Å². The van der Waals surface area contributed by atoms with Crippen molar-refractivity contribution >= 4 is 5.69 Å². The van der Waals surface area contributed by atoms with E-state index in [-0.39, 0.29) is 11.9 Å². The van der Waals surface area contributed by atoms with Crippen LogP contribution in [0, 0.1) is 11.7 Å². The molecule has 1 aliphatic carbocycles. The SMILES string of the molecule is CC(N)Cc1cc(F)ccc1N1CCCC1C1CCCC1. The van der Waals surface area contributed by atoms with Crippen LogP contribution in [0.1, 0.15) is 51.0 Å². The minimum Gasteiger partial charge on any atom is -0.368 e. The first-order valence-electron chi connectivity index (χ1n) is 8.46. The van der Waals surface area contributed by atoms with Gasteiger partial charge in [0, 0.05) is 24.3 Å². The highest BCUT2D eigenvalue weighted by Gasteiger charge is 2.34. The number of rotatable bonds is 4. The summed E-state index contributed by atoms with van der Waals surface area (Å²) >= 11 is 0. The lowest BCUT2D eigenvalue weighted by atomic mass is 9.95. The summed E-state index contributed by atoms with van der Waals surface area (Å²) < 4.78 is 13.6. The van der Waals surface area contributed by atoms with E-state index in [2.05, 4.69) is 4.90 Å². The molecular weight excluding hydrogens is 263 g/mol. The highest BCUT2D eigenvalue weighted by atomic mass is 19.1. The topological polar surface area (TPSA) is 29.3 Å². The third-order valence-corrected chi connectivity index (χ3v) is 5.14. The van der Waals surface area contributed by atoms with Crippen LogP contribution in [-0.4, -0.2) is 18.6 Å². The molecule has 3 heteroatoms. The molecule has 0 spiro atoms. The summed E-state index contributed by atoms with van der Waals surface area (Å²) in [4.78, 5) is 2.55. The molecule has 2 unspecified atom stereocenters. The van der Waals surface area contributed by atoms with Gasteiger partial charge in [-0.15, -0.1) is 0 Å². The van der Waals surface area contributed by atoms with Gasteiger partial charge in [-0.3, -0.25) is 0 Å². The second-order valence-electron chi connectivity index (χ2n) is 6.90. The minimum atomic E-state index is -0.147. The maximum atomic E-state index is 13.6. The predicted octanol–water partition coefficient (Wildman–Crippen LogP) is 3.87. The van der Waals surface area contributed by atoms with Gasteiger partial charge < -0.3 is 10.6 Å². The van der Waals surface area contributed by atoms with Gasteiger partial charge in [0.1, 0.15) is 5.82 Å². The molecular formula is C18H27FN2. The average Bonchev–Trinajstić information content (AvgIpc) is 3.08. The number of anilines is 1. The van der Waals surface area contributed by atoms with Gasteiger partial charge in [0.15, 0.2) is 0 Å². The fraction of sp³-hybridized carbons (Fsp3) is 0.667. The quantitative estimate of drug-likeness (QED) is 0.912. The lowest BCUT2D eigenvalue weighted by Crippen LogP contribution is -2.35. The summed E-state index contributed by atoms with van der Waals surface area (Å²) in [5.41, 5.74) is 8.26. The van der Waals surface area contributed by atoms with Crippen LogP contribution in [-0.2, 0) is 6.42 Å². The average molecular weight is 290 g/mol. The van der Waals surface area contributed by atoms with Crippen molar-refractivity contribution in [2.75, 3.05) is 11.4 Å². The molecule has 0 radical (unpaired) electrons. The maximum Gasteiger partial charge on any atom is 0.123 e. The van der Waals surface area contributed by atoms with Crippen LogP contribution in [0.3, 0.4) is 0 Å². The van der Waals surface area contributed by atoms with E-state index in [4.69, 9.17) is 5.73 Å². The van der Waals surface area contributed by atoms with Crippen molar-refractivity contribution in [3.63, 3.8) is 0 Å². The first-order valence-corrected chi connectivity index (χ1v) is 8.46. The van der Waals surface area contributed by atoms with E-state index in [0.717, 1.165) is 24.4 Å². The minimum absolute atomic E-state index is 0.0677. The first-order chi connectivity index (χ1) is 10.1. The number of benzene rings is 1. The Labute approximate surface area is 127 Å². The van der Waals surface area contributed by atoms with E-state index in [0.29, 0.717) is 6.04 Å². The molecule has 2 fully saturated rings. The second-order valence-corrected chi connectivity index (χ2v) is 6.90.